The maximum absolute atomic E-state index is 12.0. The molecule has 1 aromatic rings. The minimum atomic E-state index is -0.928. The van der Waals surface area contributed by atoms with Crippen LogP contribution in [0.2, 0.25) is 0 Å². The van der Waals surface area contributed by atoms with Gasteiger partial charge in [0.15, 0.2) is 5.79 Å². The average Bonchev–Trinajstić information content (AvgIpc) is 3.47. The van der Waals surface area contributed by atoms with Gasteiger partial charge in [0.05, 0.1) is 13.7 Å². The molecular formula is C23H32O3. The van der Waals surface area contributed by atoms with Crippen LogP contribution in [0, 0.1) is 35.5 Å². The molecule has 3 nitrogen and oxygen atoms in total. The topological polar surface area (TPSA) is 38.7 Å². The van der Waals surface area contributed by atoms with Gasteiger partial charge in [-0.05, 0) is 79.9 Å². The lowest BCUT2D eigenvalue weighted by Crippen LogP contribution is -2.51. The Morgan fingerprint density at radius 3 is 2.12 bits per heavy atom. The maximum atomic E-state index is 12.0. The van der Waals surface area contributed by atoms with Crippen molar-refractivity contribution in [2.45, 2.75) is 63.8 Å². The number of aliphatic hydroxyl groups is 1. The van der Waals surface area contributed by atoms with Gasteiger partial charge in [-0.3, -0.25) is 0 Å². The molecule has 4 saturated carbocycles. The lowest BCUT2D eigenvalue weighted by Gasteiger charge is -2.45. The summed E-state index contributed by atoms with van der Waals surface area (Å²) >= 11 is 0. The summed E-state index contributed by atoms with van der Waals surface area (Å²) in [6, 6.07) is 8.07. The summed E-state index contributed by atoms with van der Waals surface area (Å²) < 4.78 is 11.8. The van der Waals surface area contributed by atoms with Gasteiger partial charge in [-0.1, -0.05) is 25.0 Å². The molecule has 4 fully saturated rings. The second kappa shape index (κ2) is 6.53. The van der Waals surface area contributed by atoms with Crippen LogP contribution in [0.5, 0.6) is 5.75 Å². The van der Waals surface area contributed by atoms with Crippen molar-refractivity contribution in [3.05, 3.63) is 29.8 Å². The van der Waals surface area contributed by atoms with E-state index in [0.29, 0.717) is 30.3 Å². The highest BCUT2D eigenvalue weighted by atomic mass is 16.6. The van der Waals surface area contributed by atoms with Crippen LogP contribution in [0.1, 0.15) is 56.9 Å². The summed E-state index contributed by atoms with van der Waals surface area (Å²) in [5, 5.41) is 12.0. The quantitative estimate of drug-likeness (QED) is 0.746. The van der Waals surface area contributed by atoms with Gasteiger partial charge in [-0.2, -0.15) is 0 Å². The predicted molar refractivity (Wildman–Crippen MR) is 101 cm³/mol. The third-order valence-electron chi connectivity index (χ3n) is 8.14. The third-order valence-corrected chi connectivity index (χ3v) is 8.14. The highest BCUT2D eigenvalue weighted by molar-refractivity contribution is 5.28. The Balaban J connectivity index is 1.38. The smallest absolute Gasteiger partial charge is 0.172 e. The lowest BCUT2D eigenvalue weighted by atomic mass is 9.71. The number of methoxy groups -OCH3 is 1. The molecule has 0 heterocycles. The second-order valence-electron chi connectivity index (χ2n) is 9.45. The number of rotatable bonds is 6. The van der Waals surface area contributed by atoms with Gasteiger partial charge in [0.2, 0.25) is 0 Å². The van der Waals surface area contributed by atoms with Crippen molar-refractivity contribution < 1.29 is 14.6 Å². The summed E-state index contributed by atoms with van der Waals surface area (Å²) in [6.45, 7) is 0.482. The van der Waals surface area contributed by atoms with E-state index in [1.54, 1.807) is 7.11 Å². The fourth-order valence-electron chi connectivity index (χ4n) is 6.95. The zero-order valence-corrected chi connectivity index (χ0v) is 15.9. The fraction of sp³-hybridized carbons (Fsp3) is 0.739. The molecule has 3 heteroatoms. The first-order valence-electron chi connectivity index (χ1n) is 10.6. The molecule has 6 unspecified atom stereocenters. The molecule has 4 bridgehead atoms. The number of benzene rings is 1. The van der Waals surface area contributed by atoms with E-state index in [4.69, 9.17) is 9.47 Å². The Labute approximate surface area is 157 Å². The monoisotopic (exact) mass is 356 g/mol. The number of fused-ring (bicyclic) bond motifs is 4. The van der Waals surface area contributed by atoms with Crippen LogP contribution in [0.3, 0.4) is 0 Å². The van der Waals surface area contributed by atoms with Crippen LogP contribution in [0.25, 0.3) is 0 Å². The first-order chi connectivity index (χ1) is 12.7. The lowest BCUT2D eigenvalue weighted by molar-refractivity contribution is -0.291. The maximum Gasteiger partial charge on any atom is 0.172 e. The second-order valence-corrected chi connectivity index (χ2v) is 9.45. The van der Waals surface area contributed by atoms with Crippen molar-refractivity contribution in [2.75, 3.05) is 7.11 Å². The van der Waals surface area contributed by atoms with E-state index in [2.05, 4.69) is 6.07 Å². The number of hydrogen-bond acceptors (Lipinski definition) is 3. The number of hydrogen-bond donors (Lipinski definition) is 1. The molecule has 0 aliphatic heterocycles. The van der Waals surface area contributed by atoms with Crippen molar-refractivity contribution in [1.82, 2.24) is 0 Å². The molecule has 5 rings (SSSR count). The van der Waals surface area contributed by atoms with Gasteiger partial charge in [0, 0.05) is 11.8 Å². The van der Waals surface area contributed by atoms with Gasteiger partial charge in [0.25, 0.3) is 0 Å². The first-order valence-corrected chi connectivity index (χ1v) is 10.6. The van der Waals surface area contributed by atoms with Crippen LogP contribution < -0.4 is 4.74 Å². The van der Waals surface area contributed by atoms with Crippen LogP contribution in [0.4, 0.5) is 0 Å². The fourth-order valence-corrected chi connectivity index (χ4v) is 6.95. The molecule has 1 N–H and O–H groups in total. The molecule has 0 radical (unpaired) electrons. The molecule has 4 aliphatic carbocycles. The zero-order chi connectivity index (χ0) is 17.7. The molecule has 26 heavy (non-hydrogen) atoms. The van der Waals surface area contributed by atoms with E-state index in [1.165, 1.54) is 51.4 Å². The van der Waals surface area contributed by atoms with E-state index in [-0.39, 0.29) is 0 Å². The molecule has 1 aromatic carbocycles. The Morgan fingerprint density at radius 1 is 0.962 bits per heavy atom. The molecule has 0 spiro atoms. The van der Waals surface area contributed by atoms with Gasteiger partial charge >= 0.3 is 0 Å². The zero-order valence-electron chi connectivity index (χ0n) is 15.9. The Hall–Kier alpha value is -1.06. The molecular weight excluding hydrogens is 324 g/mol. The highest BCUT2D eigenvalue weighted by Gasteiger charge is 2.58. The summed E-state index contributed by atoms with van der Waals surface area (Å²) in [7, 11) is 1.70. The van der Waals surface area contributed by atoms with Gasteiger partial charge in [-0.15, -0.1) is 0 Å². The Kier molecular flexibility index (Phi) is 4.28. The van der Waals surface area contributed by atoms with Crippen LogP contribution in [0.15, 0.2) is 24.3 Å². The molecule has 6 atom stereocenters. The number of ether oxygens (including phenoxy) is 2. The summed E-state index contributed by atoms with van der Waals surface area (Å²) in [4.78, 5) is 0. The Bertz CT molecular complexity index is 629. The van der Waals surface area contributed by atoms with Crippen molar-refractivity contribution in [1.29, 1.82) is 0 Å². The van der Waals surface area contributed by atoms with Gasteiger partial charge in [0.1, 0.15) is 5.75 Å². The average molecular weight is 357 g/mol. The minimum absolute atomic E-state index is 0.344. The minimum Gasteiger partial charge on any atom is -0.497 e. The summed E-state index contributed by atoms with van der Waals surface area (Å²) in [5.41, 5.74) is 1.09. The van der Waals surface area contributed by atoms with E-state index < -0.39 is 5.79 Å². The van der Waals surface area contributed by atoms with E-state index in [1.807, 2.05) is 18.2 Å². The molecule has 4 aliphatic rings. The van der Waals surface area contributed by atoms with E-state index in [9.17, 15) is 5.11 Å². The largest absolute Gasteiger partial charge is 0.497 e. The van der Waals surface area contributed by atoms with E-state index >= 15 is 0 Å². The van der Waals surface area contributed by atoms with Crippen molar-refractivity contribution in [3.63, 3.8) is 0 Å². The van der Waals surface area contributed by atoms with Crippen LogP contribution in [-0.2, 0) is 11.3 Å². The molecule has 142 valence electrons. The summed E-state index contributed by atoms with van der Waals surface area (Å²) in [5.74, 6) is 3.62. The third kappa shape index (κ3) is 2.79. The first kappa shape index (κ1) is 17.1. The van der Waals surface area contributed by atoms with Crippen molar-refractivity contribution >= 4 is 0 Å². The van der Waals surface area contributed by atoms with Crippen LogP contribution in [-0.4, -0.2) is 18.0 Å². The van der Waals surface area contributed by atoms with Crippen LogP contribution >= 0.6 is 0 Å². The molecule has 0 aromatic heterocycles. The predicted octanol–water partition coefficient (Wildman–Crippen LogP) is 4.77. The van der Waals surface area contributed by atoms with Gasteiger partial charge in [-0.25, -0.2) is 0 Å². The SMILES string of the molecule is COc1cccc(COC(O)(C2CC3CCC2C3)C2CC3CCC2C3)c1. The Morgan fingerprint density at radius 2 is 1.62 bits per heavy atom. The standard InChI is InChI=1S/C23H32O3/c1-25-20-4-2-3-17(11-20)14-26-23(24,21-12-15-5-7-18(21)9-15)22-13-16-6-8-19(22)10-16/h2-4,11,15-16,18-19,21-22,24H,5-10,12-14H2,1H3. The van der Waals surface area contributed by atoms with Crippen molar-refractivity contribution in [2.24, 2.45) is 35.5 Å². The van der Waals surface area contributed by atoms with Gasteiger partial charge < -0.3 is 14.6 Å². The highest BCUT2D eigenvalue weighted by Crippen LogP contribution is 2.60. The van der Waals surface area contributed by atoms with Crippen molar-refractivity contribution in [3.8, 4) is 5.75 Å². The molecule has 0 amide bonds. The normalized spacial score (nSPS) is 40.1. The van der Waals surface area contributed by atoms with E-state index in [0.717, 1.165) is 23.1 Å². The summed E-state index contributed by atoms with van der Waals surface area (Å²) in [6.07, 6.45) is 10.3. The molecule has 0 saturated heterocycles.